The van der Waals surface area contributed by atoms with Crippen LogP contribution in [0.5, 0.6) is 0 Å². The Kier molecular flexibility index (Phi) is 8.53. The zero-order chi connectivity index (χ0) is 26.0. The third kappa shape index (κ3) is 6.34. The lowest BCUT2D eigenvalue weighted by Gasteiger charge is -2.30. The van der Waals surface area contributed by atoms with Gasteiger partial charge in [-0.25, -0.2) is 0 Å². The Labute approximate surface area is 218 Å². The van der Waals surface area contributed by atoms with E-state index in [1.54, 1.807) is 6.07 Å². The minimum atomic E-state index is -5.06. The van der Waals surface area contributed by atoms with E-state index in [0.29, 0.717) is 33.5 Å². The smallest absolute Gasteiger partial charge is 0.374 e. The van der Waals surface area contributed by atoms with Crippen LogP contribution in [0.4, 0.5) is 26.3 Å². The van der Waals surface area contributed by atoms with Crippen molar-refractivity contribution in [2.24, 2.45) is 5.16 Å². The molecule has 0 saturated heterocycles. The van der Waals surface area contributed by atoms with Crippen molar-refractivity contribution in [2.45, 2.75) is 37.8 Å². The molecule has 3 rings (SSSR count). The number of carbonyl (C=O) groups is 1. The molecule has 0 aliphatic carbocycles. The SMILES string of the molecule is CCSCC(=O)NCc1ccc(C2=NOC(c3cc(Br)cc(C(F)(F)F)c3)(C(F)(F)F)C2)cc1Br. The summed E-state index contributed by atoms with van der Waals surface area (Å²) in [5.41, 5.74) is -4.13. The Bertz CT molecular complexity index is 1140. The van der Waals surface area contributed by atoms with E-state index in [1.165, 1.54) is 23.9 Å². The Hall–Kier alpha value is -1.73. The van der Waals surface area contributed by atoms with Gasteiger partial charge in [-0.3, -0.25) is 4.79 Å². The molecule has 0 saturated carbocycles. The van der Waals surface area contributed by atoms with Gasteiger partial charge in [-0.05, 0) is 35.6 Å². The van der Waals surface area contributed by atoms with Crippen LogP contribution >= 0.6 is 43.6 Å². The van der Waals surface area contributed by atoms with Crippen LogP contribution in [0.1, 0.15) is 35.6 Å². The first-order valence-corrected chi connectivity index (χ1v) is 12.8. The molecule has 0 radical (unpaired) electrons. The van der Waals surface area contributed by atoms with Crippen LogP contribution in [0.2, 0.25) is 0 Å². The second-order valence-corrected chi connectivity index (χ2v) is 10.6. The highest BCUT2D eigenvalue weighted by atomic mass is 79.9. The van der Waals surface area contributed by atoms with E-state index in [0.717, 1.165) is 11.8 Å². The van der Waals surface area contributed by atoms with Gasteiger partial charge in [0.25, 0.3) is 5.60 Å². The molecule has 13 heteroatoms. The predicted octanol–water partition coefficient (Wildman–Crippen LogP) is 7.18. The molecular weight excluding hydrogens is 630 g/mol. The second-order valence-electron chi connectivity index (χ2n) is 7.58. The van der Waals surface area contributed by atoms with Crippen molar-refractivity contribution in [3.05, 3.63) is 67.6 Å². The first-order chi connectivity index (χ1) is 16.3. The summed E-state index contributed by atoms with van der Waals surface area (Å²) < 4.78 is 82.7. The van der Waals surface area contributed by atoms with Crippen molar-refractivity contribution < 1.29 is 36.0 Å². The maximum absolute atomic E-state index is 14.2. The summed E-state index contributed by atoms with van der Waals surface area (Å²) in [6.45, 7) is 2.14. The van der Waals surface area contributed by atoms with Crippen molar-refractivity contribution in [3.8, 4) is 0 Å². The van der Waals surface area contributed by atoms with Gasteiger partial charge in [0.05, 0.1) is 17.0 Å². The fraction of sp³-hybridized carbons (Fsp3) is 0.364. The van der Waals surface area contributed by atoms with Crippen LogP contribution < -0.4 is 5.32 Å². The van der Waals surface area contributed by atoms with Crippen molar-refractivity contribution in [2.75, 3.05) is 11.5 Å². The standard InChI is InChI=1S/C22H18Br2F6N2O2S/c1-2-35-11-19(33)31-10-13-4-3-12(5-17(13)24)18-9-20(34-32-18,22(28,29)30)14-6-15(21(25,26)27)8-16(23)7-14/h3-8H,2,9-11H2,1H3,(H,31,33). The second kappa shape index (κ2) is 10.7. The summed E-state index contributed by atoms with van der Waals surface area (Å²) in [5, 5.41) is 6.36. The summed E-state index contributed by atoms with van der Waals surface area (Å²) >= 11 is 7.67. The summed E-state index contributed by atoms with van der Waals surface area (Å²) in [7, 11) is 0. The van der Waals surface area contributed by atoms with E-state index in [1.807, 2.05) is 6.92 Å². The van der Waals surface area contributed by atoms with Gasteiger partial charge in [0, 0.05) is 33.0 Å². The van der Waals surface area contributed by atoms with E-state index >= 15 is 0 Å². The number of hydrogen-bond acceptors (Lipinski definition) is 4. The van der Waals surface area contributed by atoms with Gasteiger partial charge in [0.2, 0.25) is 5.91 Å². The number of rotatable bonds is 7. The van der Waals surface area contributed by atoms with Gasteiger partial charge < -0.3 is 10.2 Å². The number of thioether (sulfide) groups is 1. The molecule has 1 heterocycles. The van der Waals surface area contributed by atoms with E-state index < -0.39 is 35.5 Å². The van der Waals surface area contributed by atoms with Gasteiger partial charge in [0.1, 0.15) is 0 Å². The average molecular weight is 648 g/mol. The van der Waals surface area contributed by atoms with Gasteiger partial charge >= 0.3 is 12.4 Å². The number of benzene rings is 2. The Balaban J connectivity index is 1.86. The molecule has 35 heavy (non-hydrogen) atoms. The molecule has 190 valence electrons. The highest BCUT2D eigenvalue weighted by Crippen LogP contribution is 2.50. The zero-order valence-corrected chi connectivity index (χ0v) is 22.0. The first kappa shape index (κ1) is 27.9. The molecule has 1 aliphatic rings. The molecule has 0 aromatic heterocycles. The number of halogens is 8. The number of alkyl halides is 6. The summed E-state index contributed by atoms with van der Waals surface area (Å²) in [5.74, 6) is 0.960. The fourth-order valence-electron chi connectivity index (χ4n) is 3.35. The molecule has 1 N–H and O–H groups in total. The van der Waals surface area contributed by atoms with Crippen molar-refractivity contribution in [3.63, 3.8) is 0 Å². The highest BCUT2D eigenvalue weighted by molar-refractivity contribution is 9.10. The topological polar surface area (TPSA) is 50.7 Å². The Morgan fingerprint density at radius 2 is 1.86 bits per heavy atom. The minimum Gasteiger partial charge on any atom is -0.374 e. The monoisotopic (exact) mass is 646 g/mol. The number of oxime groups is 1. The fourth-order valence-corrected chi connectivity index (χ4v) is 4.86. The summed E-state index contributed by atoms with van der Waals surface area (Å²) in [4.78, 5) is 16.7. The molecule has 0 spiro atoms. The predicted molar refractivity (Wildman–Crippen MR) is 128 cm³/mol. The molecular formula is C22H18Br2F6N2O2S. The summed E-state index contributed by atoms with van der Waals surface area (Å²) in [6, 6.07) is 6.72. The van der Waals surface area contributed by atoms with E-state index in [-0.39, 0.29) is 22.6 Å². The Morgan fingerprint density at radius 1 is 1.14 bits per heavy atom. The van der Waals surface area contributed by atoms with Crippen molar-refractivity contribution >= 4 is 55.2 Å². The number of nitrogens with one attached hydrogen (secondary N) is 1. The molecule has 1 unspecified atom stereocenters. The van der Waals surface area contributed by atoms with Crippen molar-refractivity contribution in [1.29, 1.82) is 0 Å². The molecule has 1 atom stereocenters. The summed E-state index contributed by atoms with van der Waals surface area (Å²) in [6.07, 6.45) is -10.7. The number of carbonyl (C=O) groups excluding carboxylic acids is 1. The van der Waals surface area contributed by atoms with Crippen LogP contribution in [0.3, 0.4) is 0 Å². The minimum absolute atomic E-state index is 0.0773. The van der Waals surface area contributed by atoms with Gasteiger partial charge in [-0.15, -0.1) is 0 Å². The maximum Gasteiger partial charge on any atom is 0.435 e. The van der Waals surface area contributed by atoms with Crippen LogP contribution in [-0.4, -0.2) is 29.3 Å². The number of hydrogen-bond donors (Lipinski definition) is 1. The molecule has 0 fully saturated rings. The molecule has 1 aliphatic heterocycles. The Morgan fingerprint density at radius 3 is 2.46 bits per heavy atom. The maximum atomic E-state index is 14.2. The largest absolute Gasteiger partial charge is 0.435 e. The number of amides is 1. The lowest BCUT2D eigenvalue weighted by molar-refractivity contribution is -0.276. The van der Waals surface area contributed by atoms with Crippen molar-refractivity contribution in [1.82, 2.24) is 5.32 Å². The normalized spacial score (nSPS) is 18.3. The van der Waals surface area contributed by atoms with Gasteiger partial charge in [-0.2, -0.15) is 38.1 Å². The van der Waals surface area contributed by atoms with Crippen LogP contribution in [-0.2, 0) is 28.0 Å². The lowest BCUT2D eigenvalue weighted by Crippen LogP contribution is -2.43. The molecule has 1 amide bonds. The lowest BCUT2D eigenvalue weighted by atomic mass is 9.85. The quantitative estimate of drug-likeness (QED) is 0.324. The molecule has 2 aromatic rings. The van der Waals surface area contributed by atoms with E-state index in [9.17, 15) is 31.1 Å². The van der Waals surface area contributed by atoms with E-state index in [4.69, 9.17) is 4.84 Å². The van der Waals surface area contributed by atoms with Crippen LogP contribution in [0.15, 0.2) is 50.5 Å². The van der Waals surface area contributed by atoms with Crippen LogP contribution in [0.25, 0.3) is 0 Å². The van der Waals surface area contributed by atoms with E-state index in [2.05, 4.69) is 42.3 Å². The average Bonchev–Trinajstić information content (AvgIpc) is 3.23. The third-order valence-corrected chi connectivity index (χ3v) is 7.25. The highest BCUT2D eigenvalue weighted by Gasteiger charge is 2.62. The molecule has 0 bridgehead atoms. The van der Waals surface area contributed by atoms with Gasteiger partial charge in [-0.1, -0.05) is 56.1 Å². The third-order valence-electron chi connectivity index (χ3n) is 5.18. The zero-order valence-electron chi connectivity index (χ0n) is 18.0. The first-order valence-electron chi connectivity index (χ1n) is 10.1. The number of nitrogens with zero attached hydrogens (tertiary/aromatic N) is 1. The van der Waals surface area contributed by atoms with Crippen LogP contribution in [0, 0.1) is 0 Å². The molecule has 4 nitrogen and oxygen atoms in total. The molecule has 2 aromatic carbocycles. The van der Waals surface area contributed by atoms with Gasteiger partial charge in [0.15, 0.2) is 0 Å².